The van der Waals surface area contributed by atoms with Crippen molar-refractivity contribution in [2.45, 2.75) is 226 Å². The van der Waals surface area contributed by atoms with Crippen LogP contribution in [0.4, 0.5) is 0 Å². The summed E-state index contributed by atoms with van der Waals surface area (Å²) < 4.78 is 16.6. The number of hydrogen-bond acceptors (Lipinski definition) is 6. The third-order valence-corrected chi connectivity index (χ3v) is 9.56. The second kappa shape index (κ2) is 43.1. The van der Waals surface area contributed by atoms with E-state index >= 15 is 0 Å². The van der Waals surface area contributed by atoms with Gasteiger partial charge in [-0.3, -0.25) is 14.4 Å². The highest BCUT2D eigenvalue weighted by atomic mass is 16.6. The van der Waals surface area contributed by atoms with Gasteiger partial charge in [-0.25, -0.2) is 0 Å². The van der Waals surface area contributed by atoms with Gasteiger partial charge < -0.3 is 14.2 Å². The van der Waals surface area contributed by atoms with Gasteiger partial charge >= 0.3 is 17.9 Å². The molecule has 0 aromatic rings. The van der Waals surface area contributed by atoms with Crippen molar-refractivity contribution in [3.8, 4) is 0 Å². The smallest absolute Gasteiger partial charge is 0.306 e. The number of carbonyl (C=O) groups is 3. The average molecular weight is 757 g/mol. The zero-order valence-electron chi connectivity index (χ0n) is 35.5. The van der Waals surface area contributed by atoms with Crippen LogP contribution in [0.2, 0.25) is 0 Å². The third kappa shape index (κ3) is 40.6. The van der Waals surface area contributed by atoms with Crippen LogP contribution in [0.5, 0.6) is 0 Å². The van der Waals surface area contributed by atoms with E-state index in [4.69, 9.17) is 14.2 Å². The van der Waals surface area contributed by atoms with Gasteiger partial charge in [0.25, 0.3) is 0 Å². The second-order valence-electron chi connectivity index (χ2n) is 15.0. The van der Waals surface area contributed by atoms with Gasteiger partial charge in [-0.1, -0.05) is 179 Å². The molecule has 0 rings (SSSR count). The van der Waals surface area contributed by atoms with Crippen molar-refractivity contribution in [3.05, 3.63) is 48.6 Å². The lowest BCUT2D eigenvalue weighted by atomic mass is 10.1. The molecule has 0 aliphatic heterocycles. The fraction of sp³-hybridized carbons (Fsp3) is 0.771. The zero-order chi connectivity index (χ0) is 39.4. The maximum Gasteiger partial charge on any atom is 0.306 e. The lowest BCUT2D eigenvalue weighted by Crippen LogP contribution is -2.30. The summed E-state index contributed by atoms with van der Waals surface area (Å²) in [6, 6.07) is 0. The van der Waals surface area contributed by atoms with Crippen LogP contribution in [-0.4, -0.2) is 37.2 Å². The van der Waals surface area contributed by atoms with Gasteiger partial charge in [0.2, 0.25) is 0 Å². The Morgan fingerprint density at radius 3 is 1.19 bits per heavy atom. The van der Waals surface area contributed by atoms with E-state index in [0.717, 1.165) is 77.0 Å². The second-order valence-corrected chi connectivity index (χ2v) is 15.0. The maximum absolute atomic E-state index is 12.6. The number of ether oxygens (including phenoxy) is 3. The zero-order valence-corrected chi connectivity index (χ0v) is 35.5. The Morgan fingerprint density at radius 2 is 0.704 bits per heavy atom. The Morgan fingerprint density at radius 1 is 0.370 bits per heavy atom. The van der Waals surface area contributed by atoms with Crippen molar-refractivity contribution in [1.82, 2.24) is 0 Å². The monoisotopic (exact) mass is 757 g/mol. The van der Waals surface area contributed by atoms with Crippen LogP contribution in [0.25, 0.3) is 0 Å². The SMILES string of the molecule is CCCC/C=C\CCCCCCC(=O)OC(COC(=O)CCC/C=C\C/C=C\C/C=C\CCCCCCCC)COC(=O)CCCCCCCCCCC. The number of carbonyl (C=O) groups excluding carboxylic acids is 3. The molecule has 0 bridgehead atoms. The first-order valence-electron chi connectivity index (χ1n) is 22.6. The molecule has 0 spiro atoms. The Bertz CT molecular complexity index is 964. The summed E-state index contributed by atoms with van der Waals surface area (Å²) in [7, 11) is 0. The molecular weight excluding hydrogens is 673 g/mol. The molecule has 0 saturated heterocycles. The van der Waals surface area contributed by atoms with Crippen molar-refractivity contribution in [1.29, 1.82) is 0 Å². The van der Waals surface area contributed by atoms with Crippen molar-refractivity contribution in [3.63, 3.8) is 0 Å². The molecule has 312 valence electrons. The van der Waals surface area contributed by atoms with Gasteiger partial charge in [0.1, 0.15) is 13.2 Å². The highest BCUT2D eigenvalue weighted by molar-refractivity contribution is 5.71. The lowest BCUT2D eigenvalue weighted by Gasteiger charge is -2.18. The number of rotatable bonds is 40. The molecule has 0 aliphatic carbocycles. The van der Waals surface area contributed by atoms with Crippen molar-refractivity contribution < 1.29 is 28.6 Å². The van der Waals surface area contributed by atoms with E-state index in [2.05, 4.69) is 69.4 Å². The third-order valence-electron chi connectivity index (χ3n) is 9.56. The minimum atomic E-state index is -0.793. The van der Waals surface area contributed by atoms with E-state index in [1.165, 1.54) is 96.3 Å². The molecular formula is C48H84O6. The van der Waals surface area contributed by atoms with Gasteiger partial charge in [0, 0.05) is 19.3 Å². The average Bonchev–Trinajstić information content (AvgIpc) is 3.17. The molecule has 54 heavy (non-hydrogen) atoms. The molecule has 1 atom stereocenters. The summed E-state index contributed by atoms with van der Waals surface area (Å²) in [5.41, 5.74) is 0. The van der Waals surface area contributed by atoms with Gasteiger partial charge in [-0.2, -0.15) is 0 Å². The van der Waals surface area contributed by atoms with Crippen molar-refractivity contribution >= 4 is 17.9 Å². The molecule has 0 aromatic heterocycles. The first kappa shape index (κ1) is 51.4. The summed E-state index contributed by atoms with van der Waals surface area (Å²) in [5.74, 6) is -0.966. The normalized spacial score (nSPS) is 12.4. The molecule has 0 aromatic carbocycles. The number of allylic oxidation sites excluding steroid dienone is 8. The maximum atomic E-state index is 12.6. The highest BCUT2D eigenvalue weighted by Gasteiger charge is 2.19. The molecule has 0 N–H and O–H groups in total. The van der Waals surface area contributed by atoms with E-state index in [9.17, 15) is 14.4 Å². The quantitative estimate of drug-likeness (QED) is 0.0268. The summed E-state index contributed by atoms with van der Waals surface area (Å²) in [5, 5.41) is 0. The lowest BCUT2D eigenvalue weighted by molar-refractivity contribution is -0.167. The van der Waals surface area contributed by atoms with Crippen LogP contribution in [0.15, 0.2) is 48.6 Å². The first-order chi connectivity index (χ1) is 26.5. The number of esters is 3. The summed E-state index contributed by atoms with van der Waals surface area (Å²) >= 11 is 0. The predicted octanol–water partition coefficient (Wildman–Crippen LogP) is 14.4. The summed E-state index contributed by atoms with van der Waals surface area (Å²) in [6.07, 6.45) is 49.6. The minimum absolute atomic E-state index is 0.0924. The largest absolute Gasteiger partial charge is 0.462 e. The van der Waals surface area contributed by atoms with Crippen LogP contribution in [0.1, 0.15) is 220 Å². The Hall–Kier alpha value is -2.63. The van der Waals surface area contributed by atoms with Crippen LogP contribution < -0.4 is 0 Å². The van der Waals surface area contributed by atoms with Crippen LogP contribution >= 0.6 is 0 Å². The fourth-order valence-corrected chi connectivity index (χ4v) is 6.08. The van der Waals surface area contributed by atoms with E-state index in [0.29, 0.717) is 19.3 Å². The van der Waals surface area contributed by atoms with E-state index < -0.39 is 6.10 Å². The van der Waals surface area contributed by atoms with E-state index in [-0.39, 0.29) is 37.5 Å². The Kier molecular flexibility index (Phi) is 41.0. The summed E-state index contributed by atoms with van der Waals surface area (Å²) in [4.78, 5) is 37.6. The number of unbranched alkanes of at least 4 members (excludes halogenated alkanes) is 21. The van der Waals surface area contributed by atoms with Gasteiger partial charge in [-0.15, -0.1) is 0 Å². The molecule has 1 unspecified atom stereocenters. The predicted molar refractivity (Wildman–Crippen MR) is 229 cm³/mol. The van der Waals surface area contributed by atoms with Gasteiger partial charge in [-0.05, 0) is 70.6 Å². The van der Waals surface area contributed by atoms with Crippen LogP contribution in [0, 0.1) is 0 Å². The standard InChI is InChI=1S/C48H84O6/c1-4-7-10-13-16-19-21-22-23-24-25-26-27-30-32-35-38-41-47(50)53-44-45(43-52-46(49)40-37-34-31-28-18-15-12-9-6-3)54-48(51)42-39-36-33-29-20-17-14-11-8-5-2/h14,17,22-23,25-26,30,32,45H,4-13,15-16,18-21,24,27-29,31,33-44H2,1-3H3/b17-14-,23-22-,26-25-,32-30-. The molecule has 0 fully saturated rings. The molecule has 0 amide bonds. The number of hydrogen-bond donors (Lipinski definition) is 0. The van der Waals surface area contributed by atoms with E-state index in [1.807, 2.05) is 0 Å². The van der Waals surface area contributed by atoms with Gasteiger partial charge in [0.15, 0.2) is 6.10 Å². The molecule has 0 aliphatic rings. The van der Waals surface area contributed by atoms with Crippen LogP contribution in [-0.2, 0) is 28.6 Å². The first-order valence-corrected chi connectivity index (χ1v) is 22.6. The summed E-state index contributed by atoms with van der Waals surface area (Å²) in [6.45, 7) is 6.50. The highest BCUT2D eigenvalue weighted by Crippen LogP contribution is 2.13. The Labute approximate surface area is 333 Å². The molecule has 0 heterocycles. The molecule has 6 heteroatoms. The van der Waals surface area contributed by atoms with Crippen molar-refractivity contribution in [2.24, 2.45) is 0 Å². The molecule has 0 saturated carbocycles. The van der Waals surface area contributed by atoms with Crippen molar-refractivity contribution in [2.75, 3.05) is 13.2 Å². The Balaban J connectivity index is 4.41. The minimum Gasteiger partial charge on any atom is -0.462 e. The van der Waals surface area contributed by atoms with Gasteiger partial charge in [0.05, 0.1) is 0 Å². The fourth-order valence-electron chi connectivity index (χ4n) is 6.08. The van der Waals surface area contributed by atoms with Crippen LogP contribution in [0.3, 0.4) is 0 Å². The molecule has 6 nitrogen and oxygen atoms in total. The topological polar surface area (TPSA) is 78.9 Å². The van der Waals surface area contributed by atoms with E-state index in [1.54, 1.807) is 0 Å². The molecule has 0 radical (unpaired) electrons.